The Hall–Kier alpha value is -3.02. The zero-order valence-electron chi connectivity index (χ0n) is 19.0. The lowest BCUT2D eigenvalue weighted by atomic mass is 9.90. The first-order valence-electron chi connectivity index (χ1n) is 11.6. The fraction of sp³-hybridized carbons (Fsp3) is 0.286. The van der Waals surface area contributed by atoms with Crippen LogP contribution in [0.5, 0.6) is 17.2 Å². The van der Waals surface area contributed by atoms with Crippen LogP contribution in [0.2, 0.25) is 0 Å². The van der Waals surface area contributed by atoms with Gasteiger partial charge in [0.2, 0.25) is 0 Å². The molecule has 4 nitrogen and oxygen atoms in total. The summed E-state index contributed by atoms with van der Waals surface area (Å²) in [5, 5.41) is 10.4. The van der Waals surface area contributed by atoms with E-state index in [2.05, 4.69) is 11.8 Å². The minimum atomic E-state index is -0.490. The van der Waals surface area contributed by atoms with E-state index in [1.54, 1.807) is 30.3 Å². The molecule has 0 saturated carbocycles. The number of phenols is 1. The van der Waals surface area contributed by atoms with Crippen molar-refractivity contribution in [3.8, 4) is 17.2 Å². The van der Waals surface area contributed by atoms with Gasteiger partial charge in [0.1, 0.15) is 29.7 Å². The second-order valence-electron chi connectivity index (χ2n) is 8.86. The Morgan fingerprint density at radius 2 is 1.79 bits per heavy atom. The van der Waals surface area contributed by atoms with Crippen molar-refractivity contribution in [2.24, 2.45) is 5.92 Å². The molecule has 1 unspecified atom stereocenters. The lowest BCUT2D eigenvalue weighted by Gasteiger charge is -2.38. The van der Waals surface area contributed by atoms with Crippen molar-refractivity contribution in [3.05, 3.63) is 89.2 Å². The zero-order valence-corrected chi connectivity index (χ0v) is 19.8. The molecular formula is C28H27ClFNO3. The zero-order chi connectivity index (χ0) is 23.7. The SMILES string of the molecule is CCC1CN(CCOc2ccc(C3Oc4ccc(O)cc4C(Cl)=C3c3ccc(F)cc3)cc2)C1. The first kappa shape index (κ1) is 22.8. The number of nitrogens with zero attached hydrogens (tertiary/aromatic N) is 1. The molecule has 0 aliphatic carbocycles. The fourth-order valence-corrected chi connectivity index (χ4v) is 4.89. The van der Waals surface area contributed by atoms with Crippen LogP contribution in [0.4, 0.5) is 4.39 Å². The Balaban J connectivity index is 1.37. The van der Waals surface area contributed by atoms with Crippen LogP contribution in [0.3, 0.4) is 0 Å². The van der Waals surface area contributed by atoms with E-state index in [0.717, 1.165) is 48.0 Å². The molecule has 34 heavy (non-hydrogen) atoms. The van der Waals surface area contributed by atoms with Gasteiger partial charge in [0.05, 0.1) is 5.03 Å². The maximum absolute atomic E-state index is 13.6. The third kappa shape index (κ3) is 4.63. The second kappa shape index (κ2) is 9.69. The summed E-state index contributed by atoms with van der Waals surface area (Å²) in [6, 6.07) is 18.8. The molecule has 2 aliphatic heterocycles. The highest BCUT2D eigenvalue weighted by atomic mass is 35.5. The van der Waals surface area contributed by atoms with E-state index in [4.69, 9.17) is 21.1 Å². The number of fused-ring (bicyclic) bond motifs is 1. The van der Waals surface area contributed by atoms with Gasteiger partial charge in [-0.15, -0.1) is 0 Å². The molecule has 0 aromatic heterocycles. The molecule has 3 aromatic carbocycles. The van der Waals surface area contributed by atoms with Gasteiger partial charge in [0.25, 0.3) is 0 Å². The Labute approximate surface area is 204 Å². The maximum atomic E-state index is 13.6. The minimum absolute atomic E-state index is 0.0994. The van der Waals surface area contributed by atoms with Gasteiger partial charge < -0.3 is 14.6 Å². The van der Waals surface area contributed by atoms with Gasteiger partial charge in [0, 0.05) is 30.8 Å². The summed E-state index contributed by atoms with van der Waals surface area (Å²) < 4.78 is 25.9. The van der Waals surface area contributed by atoms with E-state index < -0.39 is 6.10 Å². The highest BCUT2D eigenvalue weighted by Crippen LogP contribution is 2.49. The Bertz CT molecular complexity index is 1190. The summed E-state index contributed by atoms with van der Waals surface area (Å²) >= 11 is 6.84. The van der Waals surface area contributed by atoms with Gasteiger partial charge >= 0.3 is 0 Å². The number of ether oxygens (including phenoxy) is 2. The Kier molecular flexibility index (Phi) is 6.48. The number of halogens is 2. The van der Waals surface area contributed by atoms with Gasteiger partial charge in [-0.2, -0.15) is 0 Å². The van der Waals surface area contributed by atoms with Crippen molar-refractivity contribution in [1.29, 1.82) is 0 Å². The molecule has 1 N–H and O–H groups in total. The molecule has 0 bridgehead atoms. The summed E-state index contributed by atoms with van der Waals surface area (Å²) in [4.78, 5) is 2.41. The van der Waals surface area contributed by atoms with Crippen molar-refractivity contribution in [3.63, 3.8) is 0 Å². The van der Waals surface area contributed by atoms with Gasteiger partial charge in [-0.05, 0) is 59.5 Å². The molecule has 1 atom stereocenters. The largest absolute Gasteiger partial charge is 0.508 e. The molecule has 0 amide bonds. The molecule has 3 aromatic rings. The summed E-state index contributed by atoms with van der Waals surface area (Å²) in [5.74, 6) is 1.99. The van der Waals surface area contributed by atoms with Crippen molar-refractivity contribution < 1.29 is 19.0 Å². The summed E-state index contributed by atoms with van der Waals surface area (Å²) in [7, 11) is 0. The van der Waals surface area contributed by atoms with Gasteiger partial charge in [-0.3, -0.25) is 4.90 Å². The van der Waals surface area contributed by atoms with Crippen LogP contribution in [-0.4, -0.2) is 36.2 Å². The van der Waals surface area contributed by atoms with Crippen molar-refractivity contribution in [2.45, 2.75) is 19.4 Å². The van der Waals surface area contributed by atoms with Crippen molar-refractivity contribution >= 4 is 22.2 Å². The highest BCUT2D eigenvalue weighted by molar-refractivity contribution is 6.53. The number of hydrogen-bond donors (Lipinski definition) is 1. The monoisotopic (exact) mass is 479 g/mol. The van der Waals surface area contributed by atoms with Crippen LogP contribution in [0.15, 0.2) is 66.7 Å². The number of rotatable bonds is 7. The van der Waals surface area contributed by atoms with Gasteiger partial charge in [-0.25, -0.2) is 4.39 Å². The van der Waals surface area contributed by atoms with E-state index in [0.29, 0.717) is 23.0 Å². The summed E-state index contributed by atoms with van der Waals surface area (Å²) in [6.07, 6.45) is 0.752. The topological polar surface area (TPSA) is 41.9 Å². The normalized spacial score (nSPS) is 18.3. The molecule has 1 saturated heterocycles. The van der Waals surface area contributed by atoms with Crippen LogP contribution >= 0.6 is 11.6 Å². The van der Waals surface area contributed by atoms with Crippen LogP contribution in [0.25, 0.3) is 10.6 Å². The third-order valence-corrected chi connectivity index (χ3v) is 6.97. The number of benzene rings is 3. The average molecular weight is 480 g/mol. The standard InChI is InChI=1S/C28H27ClFNO3/c1-2-18-16-31(17-18)13-14-33-23-10-5-20(6-11-23)28-26(19-3-7-21(30)8-4-19)27(29)24-15-22(32)9-12-25(24)34-28/h3-12,15,18,28,32H,2,13-14,16-17H2,1H3. The summed E-state index contributed by atoms with van der Waals surface area (Å²) in [5.41, 5.74) is 2.98. The first-order valence-corrected chi connectivity index (χ1v) is 12.0. The quantitative estimate of drug-likeness (QED) is 0.420. The fourth-order valence-electron chi connectivity index (χ4n) is 4.53. The smallest absolute Gasteiger partial charge is 0.151 e. The van der Waals surface area contributed by atoms with Gasteiger partial charge in [0.15, 0.2) is 6.10 Å². The molecule has 5 rings (SSSR count). The number of phenolic OH excluding ortho intramolecular Hbond substituents is 1. The minimum Gasteiger partial charge on any atom is -0.508 e. The molecule has 2 aliphatic rings. The molecule has 1 fully saturated rings. The first-order chi connectivity index (χ1) is 16.5. The van der Waals surface area contributed by atoms with E-state index in [1.165, 1.54) is 18.6 Å². The summed E-state index contributed by atoms with van der Waals surface area (Å²) in [6.45, 7) is 6.15. The number of likely N-dealkylation sites (tertiary alicyclic amines) is 1. The van der Waals surface area contributed by atoms with E-state index in [-0.39, 0.29) is 11.6 Å². The third-order valence-electron chi connectivity index (χ3n) is 6.57. The molecule has 0 spiro atoms. The van der Waals surface area contributed by atoms with Crippen LogP contribution in [0, 0.1) is 11.7 Å². The lowest BCUT2D eigenvalue weighted by Crippen LogP contribution is -2.47. The van der Waals surface area contributed by atoms with E-state index in [1.807, 2.05) is 24.3 Å². The maximum Gasteiger partial charge on any atom is 0.151 e. The van der Waals surface area contributed by atoms with Crippen LogP contribution in [-0.2, 0) is 0 Å². The van der Waals surface area contributed by atoms with Gasteiger partial charge in [-0.1, -0.05) is 49.2 Å². The Morgan fingerprint density at radius 1 is 1.06 bits per heavy atom. The average Bonchev–Trinajstić information content (AvgIpc) is 2.82. The predicted octanol–water partition coefficient (Wildman–Crippen LogP) is 6.49. The molecule has 2 heterocycles. The van der Waals surface area contributed by atoms with E-state index in [9.17, 15) is 9.50 Å². The van der Waals surface area contributed by atoms with Crippen molar-refractivity contribution in [1.82, 2.24) is 4.90 Å². The lowest BCUT2D eigenvalue weighted by molar-refractivity contribution is 0.0806. The highest BCUT2D eigenvalue weighted by Gasteiger charge is 2.31. The number of hydrogen-bond acceptors (Lipinski definition) is 4. The Morgan fingerprint density at radius 3 is 2.50 bits per heavy atom. The predicted molar refractivity (Wildman–Crippen MR) is 133 cm³/mol. The number of aromatic hydroxyl groups is 1. The molecular weight excluding hydrogens is 453 g/mol. The molecule has 6 heteroatoms. The van der Waals surface area contributed by atoms with Crippen molar-refractivity contribution in [2.75, 3.05) is 26.2 Å². The van der Waals surface area contributed by atoms with E-state index >= 15 is 0 Å². The van der Waals surface area contributed by atoms with Crippen LogP contribution < -0.4 is 9.47 Å². The molecule has 176 valence electrons. The van der Waals surface area contributed by atoms with Crippen LogP contribution in [0.1, 0.15) is 36.1 Å². The second-order valence-corrected chi connectivity index (χ2v) is 9.24. The molecule has 0 radical (unpaired) electrons.